The minimum absolute atomic E-state index is 0.0225. The zero-order valence-corrected chi connectivity index (χ0v) is 16.7. The van der Waals surface area contributed by atoms with Crippen LogP contribution in [0.3, 0.4) is 0 Å². The van der Waals surface area contributed by atoms with Crippen molar-refractivity contribution >= 4 is 28.4 Å². The van der Waals surface area contributed by atoms with Gasteiger partial charge in [0.15, 0.2) is 0 Å². The Bertz CT molecular complexity index is 1100. The first-order valence-electron chi connectivity index (χ1n) is 9.54. The molecule has 1 amide bonds. The van der Waals surface area contributed by atoms with E-state index >= 15 is 0 Å². The standard InChI is InChI=1S/C22H22ClN3O2/c1-13(2)20(14-5-8-16(23)9-6-14)25-21(27)15-7-10-17-18(12-15)24-19-4-3-11-26(19)22(17)28/h5-10,12-13,20H,3-4,11H2,1-2H3,(H,25,27)/t20-/m1/s1. The molecule has 0 fully saturated rings. The predicted octanol–water partition coefficient (Wildman–Crippen LogP) is 4.12. The second-order valence-corrected chi connectivity index (χ2v) is 8.00. The number of carbonyl (C=O) groups excluding carboxylic acids is 1. The number of hydrogen-bond acceptors (Lipinski definition) is 3. The monoisotopic (exact) mass is 395 g/mol. The summed E-state index contributed by atoms with van der Waals surface area (Å²) in [5, 5.41) is 4.33. The number of halogens is 1. The first kappa shape index (κ1) is 18.7. The highest BCUT2D eigenvalue weighted by molar-refractivity contribution is 6.30. The van der Waals surface area contributed by atoms with Crippen LogP contribution in [0.25, 0.3) is 10.9 Å². The molecule has 0 radical (unpaired) electrons. The van der Waals surface area contributed by atoms with Gasteiger partial charge in [0.2, 0.25) is 0 Å². The lowest BCUT2D eigenvalue weighted by Crippen LogP contribution is -2.31. The summed E-state index contributed by atoms with van der Waals surface area (Å²) in [5.41, 5.74) is 2.06. The van der Waals surface area contributed by atoms with Gasteiger partial charge in [-0.05, 0) is 48.2 Å². The maximum absolute atomic E-state index is 12.9. The van der Waals surface area contributed by atoms with Gasteiger partial charge < -0.3 is 5.32 Å². The molecule has 0 saturated carbocycles. The fraction of sp³-hybridized carbons (Fsp3) is 0.318. The molecule has 2 heterocycles. The number of hydrogen-bond donors (Lipinski definition) is 1. The Kier molecular flexibility index (Phi) is 4.94. The van der Waals surface area contributed by atoms with Crippen LogP contribution in [-0.2, 0) is 13.0 Å². The maximum Gasteiger partial charge on any atom is 0.261 e. The molecule has 6 heteroatoms. The number of fused-ring (bicyclic) bond motifs is 2. The Morgan fingerprint density at radius 1 is 1.18 bits per heavy atom. The number of carbonyl (C=O) groups is 1. The summed E-state index contributed by atoms with van der Waals surface area (Å²) < 4.78 is 1.73. The van der Waals surface area contributed by atoms with Gasteiger partial charge in [-0.15, -0.1) is 0 Å². The third kappa shape index (κ3) is 3.42. The van der Waals surface area contributed by atoms with Gasteiger partial charge in [0.05, 0.1) is 16.9 Å². The van der Waals surface area contributed by atoms with Gasteiger partial charge in [-0.25, -0.2) is 4.98 Å². The molecule has 0 aliphatic carbocycles. The molecule has 1 atom stereocenters. The third-order valence-corrected chi connectivity index (χ3v) is 5.51. The summed E-state index contributed by atoms with van der Waals surface area (Å²) in [6.45, 7) is 4.84. The van der Waals surface area contributed by atoms with Gasteiger partial charge in [-0.1, -0.05) is 37.6 Å². The molecule has 1 aliphatic rings. The molecule has 0 saturated heterocycles. The molecule has 1 aliphatic heterocycles. The first-order valence-corrected chi connectivity index (χ1v) is 9.91. The topological polar surface area (TPSA) is 64.0 Å². The van der Waals surface area contributed by atoms with Crippen LogP contribution in [-0.4, -0.2) is 15.5 Å². The largest absolute Gasteiger partial charge is 0.345 e. The van der Waals surface area contributed by atoms with E-state index in [1.807, 2.05) is 24.3 Å². The molecule has 144 valence electrons. The first-order chi connectivity index (χ1) is 13.4. The Morgan fingerprint density at radius 2 is 1.93 bits per heavy atom. The summed E-state index contributed by atoms with van der Waals surface area (Å²) in [4.78, 5) is 30.1. The van der Waals surface area contributed by atoms with Crippen LogP contribution in [0.4, 0.5) is 0 Å². The Hall–Kier alpha value is -2.66. The number of amides is 1. The second kappa shape index (κ2) is 7.40. The van der Waals surface area contributed by atoms with Crippen molar-refractivity contribution in [2.45, 2.75) is 39.3 Å². The van der Waals surface area contributed by atoms with Gasteiger partial charge in [-0.3, -0.25) is 14.2 Å². The summed E-state index contributed by atoms with van der Waals surface area (Å²) in [7, 11) is 0. The minimum atomic E-state index is -0.182. The number of nitrogens with zero attached hydrogens (tertiary/aromatic N) is 2. The van der Waals surface area contributed by atoms with E-state index in [4.69, 9.17) is 11.6 Å². The molecule has 1 N–H and O–H groups in total. The highest BCUT2D eigenvalue weighted by Crippen LogP contribution is 2.24. The molecule has 4 rings (SSSR count). The third-order valence-electron chi connectivity index (χ3n) is 5.26. The van der Waals surface area contributed by atoms with E-state index < -0.39 is 0 Å². The average molecular weight is 396 g/mol. The van der Waals surface area contributed by atoms with Crippen molar-refractivity contribution in [3.63, 3.8) is 0 Å². The molecular formula is C22H22ClN3O2. The fourth-order valence-corrected chi connectivity index (χ4v) is 3.88. The lowest BCUT2D eigenvalue weighted by Gasteiger charge is -2.23. The molecule has 28 heavy (non-hydrogen) atoms. The number of aromatic nitrogens is 2. The Morgan fingerprint density at radius 3 is 2.64 bits per heavy atom. The second-order valence-electron chi connectivity index (χ2n) is 7.57. The van der Waals surface area contributed by atoms with Crippen molar-refractivity contribution in [1.29, 1.82) is 0 Å². The van der Waals surface area contributed by atoms with E-state index in [2.05, 4.69) is 24.1 Å². The van der Waals surface area contributed by atoms with Gasteiger partial charge in [0, 0.05) is 23.6 Å². The van der Waals surface area contributed by atoms with Crippen LogP contribution >= 0.6 is 11.6 Å². The molecular weight excluding hydrogens is 374 g/mol. The minimum Gasteiger partial charge on any atom is -0.345 e. The number of rotatable bonds is 4. The Balaban J connectivity index is 1.65. The SMILES string of the molecule is CC(C)[C@@H](NC(=O)c1ccc2c(=O)n3c(nc2c1)CCC3)c1ccc(Cl)cc1. The normalized spacial score (nSPS) is 14.3. The van der Waals surface area contributed by atoms with E-state index in [1.165, 1.54) is 0 Å². The quantitative estimate of drug-likeness (QED) is 0.722. The highest BCUT2D eigenvalue weighted by Gasteiger charge is 2.21. The number of aryl methyl sites for hydroxylation is 1. The zero-order chi connectivity index (χ0) is 19.8. The van der Waals surface area contributed by atoms with Crippen LogP contribution in [0, 0.1) is 5.92 Å². The van der Waals surface area contributed by atoms with Crippen molar-refractivity contribution in [3.05, 3.63) is 74.8 Å². The van der Waals surface area contributed by atoms with Crippen LogP contribution in [0.15, 0.2) is 47.3 Å². The van der Waals surface area contributed by atoms with E-state index in [-0.39, 0.29) is 23.4 Å². The zero-order valence-electron chi connectivity index (χ0n) is 15.9. The van der Waals surface area contributed by atoms with Crippen molar-refractivity contribution < 1.29 is 4.79 Å². The van der Waals surface area contributed by atoms with E-state index in [1.54, 1.807) is 22.8 Å². The maximum atomic E-state index is 12.9. The number of benzene rings is 2. The molecule has 0 spiro atoms. The van der Waals surface area contributed by atoms with E-state index in [9.17, 15) is 9.59 Å². The van der Waals surface area contributed by atoms with Crippen LogP contribution < -0.4 is 10.9 Å². The van der Waals surface area contributed by atoms with Crippen molar-refractivity contribution in [2.75, 3.05) is 0 Å². The van der Waals surface area contributed by atoms with Crippen LogP contribution in [0.1, 0.15) is 48.1 Å². The summed E-state index contributed by atoms with van der Waals surface area (Å²) in [6, 6.07) is 12.5. The van der Waals surface area contributed by atoms with E-state index in [0.29, 0.717) is 21.5 Å². The van der Waals surface area contributed by atoms with Crippen molar-refractivity contribution in [2.24, 2.45) is 5.92 Å². The van der Waals surface area contributed by atoms with Gasteiger partial charge in [-0.2, -0.15) is 0 Å². The van der Waals surface area contributed by atoms with Crippen molar-refractivity contribution in [3.8, 4) is 0 Å². The molecule has 1 aromatic heterocycles. The van der Waals surface area contributed by atoms with Gasteiger partial charge >= 0.3 is 0 Å². The summed E-state index contributed by atoms with van der Waals surface area (Å²) in [5.74, 6) is 0.825. The molecule has 0 unspecified atom stereocenters. The molecule has 0 bridgehead atoms. The van der Waals surface area contributed by atoms with Crippen LogP contribution in [0.2, 0.25) is 5.02 Å². The lowest BCUT2D eigenvalue weighted by atomic mass is 9.95. The fourth-order valence-electron chi connectivity index (χ4n) is 3.75. The smallest absolute Gasteiger partial charge is 0.261 e. The lowest BCUT2D eigenvalue weighted by molar-refractivity contribution is 0.0925. The van der Waals surface area contributed by atoms with Gasteiger partial charge in [0.25, 0.3) is 11.5 Å². The average Bonchev–Trinajstić information content (AvgIpc) is 3.15. The van der Waals surface area contributed by atoms with E-state index in [0.717, 1.165) is 30.8 Å². The Labute approximate surface area is 168 Å². The summed E-state index contributed by atoms with van der Waals surface area (Å²) in [6.07, 6.45) is 1.73. The van der Waals surface area contributed by atoms with Crippen molar-refractivity contribution in [1.82, 2.24) is 14.9 Å². The predicted molar refractivity (Wildman–Crippen MR) is 111 cm³/mol. The molecule has 2 aromatic carbocycles. The van der Waals surface area contributed by atoms with Gasteiger partial charge in [0.1, 0.15) is 5.82 Å². The summed E-state index contributed by atoms with van der Waals surface area (Å²) >= 11 is 5.98. The van der Waals surface area contributed by atoms with Crippen LogP contribution in [0.5, 0.6) is 0 Å². The molecule has 5 nitrogen and oxygen atoms in total. The highest BCUT2D eigenvalue weighted by atomic mass is 35.5. The number of nitrogens with one attached hydrogen (secondary N) is 1. The molecule has 3 aromatic rings.